The van der Waals surface area contributed by atoms with Crippen molar-refractivity contribution in [3.05, 3.63) is 64.7 Å². The van der Waals surface area contributed by atoms with Gasteiger partial charge in [-0.05, 0) is 34.9 Å². The van der Waals surface area contributed by atoms with Crippen LogP contribution >= 0.6 is 0 Å². The summed E-state index contributed by atoms with van der Waals surface area (Å²) in [7, 11) is 0. The quantitative estimate of drug-likeness (QED) is 0.504. The molecule has 0 spiro atoms. The molecule has 0 saturated carbocycles. The monoisotopic (exact) mass is 336 g/mol. The van der Waals surface area contributed by atoms with Crippen LogP contribution in [-0.2, 0) is 15.6 Å². The van der Waals surface area contributed by atoms with Gasteiger partial charge in [0, 0.05) is 5.56 Å². The van der Waals surface area contributed by atoms with Crippen LogP contribution in [0.15, 0.2) is 42.5 Å². The van der Waals surface area contributed by atoms with Gasteiger partial charge < -0.3 is 4.74 Å². The number of esters is 1. The molecule has 1 unspecified atom stereocenters. The van der Waals surface area contributed by atoms with E-state index < -0.39 is 5.41 Å². The Morgan fingerprint density at radius 3 is 2.00 bits per heavy atom. The molecule has 1 aliphatic heterocycles. The lowest BCUT2D eigenvalue weighted by atomic mass is 9.57. The number of hydrogen-bond donors (Lipinski definition) is 0. The van der Waals surface area contributed by atoms with Crippen molar-refractivity contribution in [1.82, 2.24) is 0 Å². The molecule has 0 amide bonds. The lowest BCUT2D eigenvalue weighted by Gasteiger charge is -2.41. The van der Waals surface area contributed by atoms with Crippen LogP contribution in [0, 0.1) is 12.3 Å². The Bertz CT molecular complexity index is 817. The number of carbonyl (C=O) groups is 1. The van der Waals surface area contributed by atoms with Gasteiger partial charge in [0.05, 0.1) is 0 Å². The van der Waals surface area contributed by atoms with Gasteiger partial charge in [-0.25, -0.2) is 0 Å². The predicted octanol–water partition coefficient (Wildman–Crippen LogP) is 5.54. The minimum absolute atomic E-state index is 0.0828. The van der Waals surface area contributed by atoms with E-state index in [0.717, 1.165) is 11.1 Å². The van der Waals surface area contributed by atoms with Crippen molar-refractivity contribution in [2.45, 2.75) is 59.3 Å². The largest absolute Gasteiger partial charge is 0.425 e. The number of hydrogen-bond acceptors (Lipinski definition) is 2. The van der Waals surface area contributed by atoms with E-state index in [-0.39, 0.29) is 16.8 Å². The summed E-state index contributed by atoms with van der Waals surface area (Å²) in [5.74, 6) is 0.531. The molecule has 0 fully saturated rings. The molecule has 2 aromatic carbocycles. The second-order valence-electron chi connectivity index (χ2n) is 9.18. The van der Waals surface area contributed by atoms with Crippen molar-refractivity contribution in [3.63, 3.8) is 0 Å². The highest BCUT2D eigenvalue weighted by atomic mass is 16.5. The van der Waals surface area contributed by atoms with Crippen molar-refractivity contribution in [3.8, 4) is 5.75 Å². The number of aryl methyl sites for hydroxylation is 1. The third kappa shape index (κ3) is 2.50. The van der Waals surface area contributed by atoms with E-state index in [4.69, 9.17) is 4.74 Å². The number of benzene rings is 2. The van der Waals surface area contributed by atoms with Gasteiger partial charge in [0.1, 0.15) is 11.2 Å². The molecule has 0 radical (unpaired) electrons. The number of rotatable bonds is 1. The van der Waals surface area contributed by atoms with Gasteiger partial charge in [-0.1, -0.05) is 83.5 Å². The molecule has 0 N–H and O–H groups in total. The molecular weight excluding hydrogens is 308 g/mol. The summed E-state index contributed by atoms with van der Waals surface area (Å²) in [4.78, 5) is 13.3. The van der Waals surface area contributed by atoms with Crippen LogP contribution < -0.4 is 4.74 Å². The van der Waals surface area contributed by atoms with E-state index in [1.807, 2.05) is 12.1 Å². The number of ether oxygens (including phenoxy) is 1. The summed E-state index contributed by atoms with van der Waals surface area (Å²) in [6.07, 6.45) is 0. The molecule has 1 atom stereocenters. The molecule has 2 nitrogen and oxygen atoms in total. The topological polar surface area (TPSA) is 26.3 Å². The molecule has 1 heterocycles. The average Bonchev–Trinajstić information content (AvgIpc) is 2.79. The molecule has 2 aromatic rings. The zero-order valence-corrected chi connectivity index (χ0v) is 16.4. The van der Waals surface area contributed by atoms with Crippen molar-refractivity contribution in [1.29, 1.82) is 0 Å². The van der Waals surface area contributed by atoms with Crippen molar-refractivity contribution >= 4 is 5.97 Å². The summed E-state index contributed by atoms with van der Waals surface area (Å²) in [6, 6.07) is 14.4. The first kappa shape index (κ1) is 17.7. The molecular formula is C23H28O2. The molecule has 0 aromatic heterocycles. The van der Waals surface area contributed by atoms with E-state index in [9.17, 15) is 4.79 Å². The number of carbonyl (C=O) groups excluding carboxylic acids is 1. The molecule has 0 bridgehead atoms. The minimum Gasteiger partial charge on any atom is -0.425 e. The maximum Gasteiger partial charge on any atom is 0.327 e. The standard InChI is InChI=1S/C23H28O2/c1-15-11-13-16(14-12-15)23(22(5,6)7)19-17(21(2,3)4)9-8-10-18(19)25-20(23)24/h8-14H,1-7H3. The first-order chi connectivity index (χ1) is 11.5. The third-order valence-electron chi connectivity index (χ3n) is 5.33. The van der Waals surface area contributed by atoms with E-state index in [2.05, 4.69) is 78.8 Å². The van der Waals surface area contributed by atoms with Crippen LogP contribution in [0.25, 0.3) is 0 Å². The Morgan fingerprint density at radius 2 is 1.48 bits per heavy atom. The maximum absolute atomic E-state index is 13.3. The molecule has 3 rings (SSSR count). The van der Waals surface area contributed by atoms with Crippen LogP contribution in [0.3, 0.4) is 0 Å². The van der Waals surface area contributed by atoms with E-state index in [1.54, 1.807) is 0 Å². The van der Waals surface area contributed by atoms with Crippen molar-refractivity contribution < 1.29 is 9.53 Å². The van der Waals surface area contributed by atoms with Gasteiger partial charge in [0.25, 0.3) is 0 Å². The fraction of sp³-hybridized carbons (Fsp3) is 0.435. The zero-order chi connectivity index (χ0) is 18.6. The summed E-state index contributed by atoms with van der Waals surface area (Å²) in [5.41, 5.74) is 3.18. The molecule has 0 aliphatic carbocycles. The predicted molar refractivity (Wildman–Crippen MR) is 102 cm³/mol. The lowest BCUT2D eigenvalue weighted by Crippen LogP contribution is -2.47. The fourth-order valence-corrected chi connectivity index (χ4v) is 4.09. The smallest absolute Gasteiger partial charge is 0.327 e. The minimum atomic E-state index is -0.806. The molecule has 25 heavy (non-hydrogen) atoms. The Kier molecular flexibility index (Phi) is 3.87. The lowest BCUT2D eigenvalue weighted by molar-refractivity contribution is -0.140. The molecule has 2 heteroatoms. The summed E-state index contributed by atoms with van der Waals surface area (Å²) in [5, 5.41) is 0. The summed E-state index contributed by atoms with van der Waals surface area (Å²) >= 11 is 0. The Labute approximate surface area is 151 Å². The molecule has 0 saturated heterocycles. The fourth-order valence-electron chi connectivity index (χ4n) is 4.09. The van der Waals surface area contributed by atoms with Crippen LogP contribution in [0.5, 0.6) is 5.75 Å². The zero-order valence-electron chi connectivity index (χ0n) is 16.4. The normalized spacial score (nSPS) is 20.4. The van der Waals surface area contributed by atoms with Gasteiger partial charge in [-0.15, -0.1) is 0 Å². The van der Waals surface area contributed by atoms with E-state index in [1.165, 1.54) is 11.1 Å². The van der Waals surface area contributed by atoms with Gasteiger partial charge in [-0.2, -0.15) is 0 Å². The third-order valence-corrected chi connectivity index (χ3v) is 5.33. The van der Waals surface area contributed by atoms with Gasteiger partial charge in [-0.3, -0.25) is 4.79 Å². The SMILES string of the molecule is Cc1ccc(C2(C(C)(C)C)C(=O)Oc3cccc(C(C)(C)C)c32)cc1. The molecule has 1 aliphatic rings. The van der Waals surface area contributed by atoms with E-state index in [0.29, 0.717) is 5.75 Å². The van der Waals surface area contributed by atoms with Crippen LogP contribution in [0.1, 0.15) is 63.8 Å². The first-order valence-electron chi connectivity index (χ1n) is 8.93. The second-order valence-corrected chi connectivity index (χ2v) is 9.18. The van der Waals surface area contributed by atoms with Crippen molar-refractivity contribution in [2.24, 2.45) is 5.41 Å². The van der Waals surface area contributed by atoms with Gasteiger partial charge in [0.2, 0.25) is 0 Å². The summed E-state index contributed by atoms with van der Waals surface area (Å²) in [6.45, 7) is 15.0. The van der Waals surface area contributed by atoms with Gasteiger partial charge >= 0.3 is 5.97 Å². The Balaban J connectivity index is 2.44. The second kappa shape index (κ2) is 5.45. The van der Waals surface area contributed by atoms with Crippen molar-refractivity contribution in [2.75, 3.05) is 0 Å². The van der Waals surface area contributed by atoms with E-state index >= 15 is 0 Å². The average molecular weight is 336 g/mol. The van der Waals surface area contributed by atoms with Crippen LogP contribution in [0.4, 0.5) is 0 Å². The highest BCUT2D eigenvalue weighted by Crippen LogP contribution is 2.56. The Hall–Kier alpha value is -2.09. The highest BCUT2D eigenvalue weighted by molar-refractivity contribution is 5.96. The number of fused-ring (bicyclic) bond motifs is 1. The Morgan fingerprint density at radius 1 is 0.880 bits per heavy atom. The van der Waals surface area contributed by atoms with Crippen LogP contribution in [0.2, 0.25) is 0 Å². The van der Waals surface area contributed by atoms with Gasteiger partial charge in [0.15, 0.2) is 0 Å². The molecule has 132 valence electrons. The van der Waals surface area contributed by atoms with Crippen LogP contribution in [-0.4, -0.2) is 5.97 Å². The summed E-state index contributed by atoms with van der Waals surface area (Å²) < 4.78 is 5.83. The first-order valence-corrected chi connectivity index (χ1v) is 8.93. The maximum atomic E-state index is 13.3. The highest BCUT2D eigenvalue weighted by Gasteiger charge is 2.59.